The molecule has 0 aliphatic heterocycles. The Bertz CT molecular complexity index is 505. The standard InChI is InChI=1S/C17H25N3O/c1-19(2)16-12-13(10-11-18-16)17(21)20(15-8-9-15)14-6-4-3-5-7-14/h10-12,14-15H,3-9H2,1-2H3. The van der Waals surface area contributed by atoms with E-state index in [-0.39, 0.29) is 5.91 Å². The molecular weight excluding hydrogens is 262 g/mol. The molecule has 1 heterocycles. The minimum atomic E-state index is 0.204. The molecular formula is C17H25N3O. The molecule has 0 spiro atoms. The van der Waals surface area contributed by atoms with E-state index in [1.54, 1.807) is 6.20 Å². The second kappa shape index (κ2) is 6.04. The molecule has 0 bridgehead atoms. The average Bonchev–Trinajstić information content (AvgIpc) is 3.33. The number of anilines is 1. The van der Waals surface area contributed by atoms with Gasteiger partial charge in [-0.3, -0.25) is 4.79 Å². The molecule has 0 saturated heterocycles. The summed E-state index contributed by atoms with van der Waals surface area (Å²) < 4.78 is 0. The molecule has 114 valence electrons. The van der Waals surface area contributed by atoms with Gasteiger partial charge in [0.15, 0.2) is 0 Å². The number of rotatable bonds is 4. The third kappa shape index (κ3) is 3.20. The van der Waals surface area contributed by atoms with Crippen LogP contribution in [0.15, 0.2) is 18.3 Å². The van der Waals surface area contributed by atoms with Gasteiger partial charge in [0, 0.05) is 37.9 Å². The van der Waals surface area contributed by atoms with Crippen LogP contribution >= 0.6 is 0 Å². The lowest BCUT2D eigenvalue weighted by Crippen LogP contribution is -2.43. The highest BCUT2D eigenvalue weighted by atomic mass is 16.2. The first-order chi connectivity index (χ1) is 10.2. The summed E-state index contributed by atoms with van der Waals surface area (Å²) in [4.78, 5) is 21.4. The number of carbonyl (C=O) groups is 1. The first kappa shape index (κ1) is 14.4. The van der Waals surface area contributed by atoms with Crippen LogP contribution in [0.3, 0.4) is 0 Å². The summed E-state index contributed by atoms with van der Waals surface area (Å²) in [6.07, 6.45) is 10.3. The Morgan fingerprint density at radius 2 is 1.76 bits per heavy atom. The van der Waals surface area contributed by atoms with Crippen molar-refractivity contribution in [2.24, 2.45) is 0 Å². The Morgan fingerprint density at radius 3 is 2.38 bits per heavy atom. The van der Waals surface area contributed by atoms with Gasteiger partial charge >= 0.3 is 0 Å². The minimum absolute atomic E-state index is 0.204. The molecule has 4 nitrogen and oxygen atoms in total. The van der Waals surface area contributed by atoms with Gasteiger partial charge in [0.25, 0.3) is 5.91 Å². The van der Waals surface area contributed by atoms with Crippen molar-refractivity contribution < 1.29 is 4.79 Å². The highest BCUT2D eigenvalue weighted by Gasteiger charge is 2.38. The topological polar surface area (TPSA) is 36.4 Å². The Kier molecular flexibility index (Phi) is 4.13. The number of carbonyl (C=O) groups excluding carboxylic acids is 1. The van der Waals surface area contributed by atoms with Crippen LogP contribution < -0.4 is 4.90 Å². The van der Waals surface area contributed by atoms with Crippen LogP contribution in [-0.4, -0.2) is 42.0 Å². The van der Waals surface area contributed by atoms with Crippen molar-refractivity contribution in [2.75, 3.05) is 19.0 Å². The van der Waals surface area contributed by atoms with Gasteiger partial charge in [0.2, 0.25) is 0 Å². The fourth-order valence-corrected chi connectivity index (χ4v) is 3.29. The maximum atomic E-state index is 13.0. The smallest absolute Gasteiger partial charge is 0.254 e. The van der Waals surface area contributed by atoms with Crippen LogP contribution in [0.1, 0.15) is 55.3 Å². The SMILES string of the molecule is CN(C)c1cc(C(=O)N(C2CCCCC2)C2CC2)ccn1. The average molecular weight is 287 g/mol. The van der Waals surface area contributed by atoms with E-state index in [0.29, 0.717) is 12.1 Å². The van der Waals surface area contributed by atoms with Crippen molar-refractivity contribution in [3.8, 4) is 0 Å². The predicted molar refractivity (Wildman–Crippen MR) is 84.6 cm³/mol. The van der Waals surface area contributed by atoms with Crippen molar-refractivity contribution in [3.05, 3.63) is 23.9 Å². The molecule has 2 fully saturated rings. The first-order valence-electron chi connectivity index (χ1n) is 8.13. The van der Waals surface area contributed by atoms with E-state index in [2.05, 4.69) is 9.88 Å². The number of aromatic nitrogens is 1. The molecule has 2 aliphatic carbocycles. The summed E-state index contributed by atoms with van der Waals surface area (Å²) >= 11 is 0. The molecule has 1 aromatic rings. The van der Waals surface area contributed by atoms with Gasteiger partial charge in [-0.05, 0) is 37.8 Å². The lowest BCUT2D eigenvalue weighted by Gasteiger charge is -2.34. The fraction of sp³-hybridized carbons (Fsp3) is 0.647. The summed E-state index contributed by atoms with van der Waals surface area (Å²) in [6, 6.07) is 4.71. The van der Waals surface area contributed by atoms with E-state index >= 15 is 0 Å². The Labute approximate surface area is 127 Å². The largest absolute Gasteiger partial charge is 0.363 e. The summed E-state index contributed by atoms with van der Waals surface area (Å²) in [6.45, 7) is 0. The summed E-state index contributed by atoms with van der Waals surface area (Å²) in [5.74, 6) is 1.05. The van der Waals surface area contributed by atoms with Crippen LogP contribution in [0.25, 0.3) is 0 Å². The van der Waals surface area contributed by atoms with Crippen molar-refractivity contribution in [3.63, 3.8) is 0 Å². The molecule has 0 aromatic carbocycles. The zero-order valence-electron chi connectivity index (χ0n) is 13.1. The molecule has 0 unspecified atom stereocenters. The summed E-state index contributed by atoms with van der Waals surface area (Å²) in [5, 5.41) is 0. The van der Waals surface area contributed by atoms with Gasteiger partial charge in [-0.25, -0.2) is 4.98 Å². The van der Waals surface area contributed by atoms with Crippen molar-refractivity contribution in [1.29, 1.82) is 0 Å². The molecule has 3 rings (SSSR count). The van der Waals surface area contributed by atoms with Crippen LogP contribution in [0.4, 0.5) is 5.82 Å². The second-order valence-corrected chi connectivity index (χ2v) is 6.53. The maximum absolute atomic E-state index is 13.0. The van der Waals surface area contributed by atoms with E-state index < -0.39 is 0 Å². The third-order valence-corrected chi connectivity index (χ3v) is 4.59. The molecule has 2 aliphatic rings. The zero-order chi connectivity index (χ0) is 14.8. The normalized spacial score (nSPS) is 19.3. The van der Waals surface area contributed by atoms with Crippen LogP contribution in [-0.2, 0) is 0 Å². The van der Waals surface area contributed by atoms with Crippen molar-refractivity contribution in [2.45, 2.75) is 57.0 Å². The predicted octanol–water partition coefficient (Wildman–Crippen LogP) is 3.08. The van der Waals surface area contributed by atoms with E-state index in [0.717, 1.165) is 11.4 Å². The zero-order valence-corrected chi connectivity index (χ0v) is 13.1. The van der Waals surface area contributed by atoms with Gasteiger partial charge < -0.3 is 9.80 Å². The molecule has 1 aromatic heterocycles. The van der Waals surface area contributed by atoms with Gasteiger partial charge in [-0.15, -0.1) is 0 Å². The highest BCUT2D eigenvalue weighted by molar-refractivity contribution is 5.95. The highest BCUT2D eigenvalue weighted by Crippen LogP contribution is 2.35. The van der Waals surface area contributed by atoms with E-state index in [1.807, 2.05) is 31.1 Å². The molecule has 0 N–H and O–H groups in total. The lowest BCUT2D eigenvalue weighted by molar-refractivity contribution is 0.0614. The molecule has 2 saturated carbocycles. The quantitative estimate of drug-likeness (QED) is 0.854. The number of nitrogens with zero attached hydrogens (tertiary/aromatic N) is 3. The molecule has 0 radical (unpaired) electrons. The monoisotopic (exact) mass is 287 g/mol. The van der Waals surface area contributed by atoms with Crippen molar-refractivity contribution >= 4 is 11.7 Å². The maximum Gasteiger partial charge on any atom is 0.254 e. The summed E-state index contributed by atoms with van der Waals surface area (Å²) in [5.41, 5.74) is 0.783. The minimum Gasteiger partial charge on any atom is -0.363 e. The lowest BCUT2D eigenvalue weighted by atomic mass is 9.93. The van der Waals surface area contributed by atoms with Crippen LogP contribution in [0.2, 0.25) is 0 Å². The first-order valence-corrected chi connectivity index (χ1v) is 8.13. The molecule has 1 amide bonds. The van der Waals surface area contributed by atoms with Gasteiger partial charge in [0.1, 0.15) is 5.82 Å². The number of hydrogen-bond donors (Lipinski definition) is 0. The van der Waals surface area contributed by atoms with E-state index in [1.165, 1.54) is 44.9 Å². The Morgan fingerprint density at radius 1 is 1.10 bits per heavy atom. The third-order valence-electron chi connectivity index (χ3n) is 4.59. The Balaban J connectivity index is 1.82. The van der Waals surface area contributed by atoms with Crippen LogP contribution in [0.5, 0.6) is 0 Å². The molecule has 0 atom stereocenters. The van der Waals surface area contributed by atoms with Gasteiger partial charge in [-0.1, -0.05) is 19.3 Å². The number of hydrogen-bond acceptors (Lipinski definition) is 3. The Hall–Kier alpha value is -1.58. The summed E-state index contributed by atoms with van der Waals surface area (Å²) in [7, 11) is 3.91. The van der Waals surface area contributed by atoms with Gasteiger partial charge in [-0.2, -0.15) is 0 Å². The van der Waals surface area contributed by atoms with Crippen LogP contribution in [0, 0.1) is 0 Å². The molecule has 21 heavy (non-hydrogen) atoms. The second-order valence-electron chi connectivity index (χ2n) is 6.53. The fourth-order valence-electron chi connectivity index (χ4n) is 3.29. The van der Waals surface area contributed by atoms with E-state index in [9.17, 15) is 4.79 Å². The van der Waals surface area contributed by atoms with Gasteiger partial charge in [0.05, 0.1) is 0 Å². The van der Waals surface area contributed by atoms with Crippen molar-refractivity contribution in [1.82, 2.24) is 9.88 Å². The number of amides is 1. The number of pyridine rings is 1. The van der Waals surface area contributed by atoms with E-state index in [4.69, 9.17) is 0 Å². The molecule has 4 heteroatoms.